The summed E-state index contributed by atoms with van der Waals surface area (Å²) in [4.78, 5) is 22.2. The van der Waals surface area contributed by atoms with Crippen LogP contribution in [0.3, 0.4) is 0 Å². The normalized spacial score (nSPS) is 34.6. The first kappa shape index (κ1) is 10.2. The van der Waals surface area contributed by atoms with E-state index in [-0.39, 0.29) is 23.5 Å². The molecule has 3 unspecified atom stereocenters. The number of carbonyl (C=O) groups is 2. The Balaban J connectivity index is 2.74. The van der Waals surface area contributed by atoms with Crippen molar-refractivity contribution in [2.75, 3.05) is 0 Å². The zero-order valence-electron chi connectivity index (χ0n) is 8.12. The zero-order chi connectivity index (χ0) is 10.0. The number of rotatable bonds is 2. The van der Waals surface area contributed by atoms with Crippen LogP contribution in [0, 0.1) is 17.8 Å². The average Bonchev–Trinajstić information content (AvgIpc) is 2.04. The van der Waals surface area contributed by atoms with E-state index in [4.69, 9.17) is 5.11 Å². The van der Waals surface area contributed by atoms with Gasteiger partial charge in [-0.05, 0) is 18.8 Å². The highest BCUT2D eigenvalue weighted by atomic mass is 16.4. The molecule has 3 atom stereocenters. The fourth-order valence-corrected chi connectivity index (χ4v) is 2.27. The van der Waals surface area contributed by atoms with Gasteiger partial charge in [-0.25, -0.2) is 0 Å². The van der Waals surface area contributed by atoms with Crippen LogP contribution in [0.15, 0.2) is 0 Å². The molecule has 1 rings (SSSR count). The third-order valence-electron chi connectivity index (χ3n) is 3.14. The van der Waals surface area contributed by atoms with Gasteiger partial charge in [0.05, 0.1) is 5.92 Å². The number of carboxylic acids is 1. The lowest BCUT2D eigenvalue weighted by molar-refractivity contribution is -0.147. The van der Waals surface area contributed by atoms with Crippen molar-refractivity contribution in [2.45, 2.75) is 33.1 Å². The van der Waals surface area contributed by atoms with Crippen LogP contribution in [0.5, 0.6) is 0 Å². The summed E-state index contributed by atoms with van der Waals surface area (Å²) in [5.41, 5.74) is 0. The molecule has 0 aliphatic heterocycles. The Labute approximate surface area is 78.1 Å². The average molecular weight is 184 g/mol. The number of ketones is 1. The maximum Gasteiger partial charge on any atom is 0.306 e. The summed E-state index contributed by atoms with van der Waals surface area (Å²) in [6.07, 6.45) is 1.73. The first-order chi connectivity index (χ1) is 6.07. The van der Waals surface area contributed by atoms with Crippen LogP contribution in [0.1, 0.15) is 33.1 Å². The van der Waals surface area contributed by atoms with Crippen LogP contribution in [-0.2, 0) is 9.59 Å². The van der Waals surface area contributed by atoms with Crippen molar-refractivity contribution < 1.29 is 14.7 Å². The van der Waals surface area contributed by atoms with E-state index < -0.39 is 5.97 Å². The number of carboxylic acid groups (broad SMARTS) is 1. The minimum absolute atomic E-state index is 0.00347. The second-order valence-corrected chi connectivity index (χ2v) is 3.82. The molecule has 1 aliphatic rings. The highest BCUT2D eigenvalue weighted by molar-refractivity contribution is 5.84. The molecule has 74 valence electrons. The SMILES string of the molecule is CCC1C(=O)CCC(C(=O)O)C1C. The van der Waals surface area contributed by atoms with Crippen molar-refractivity contribution >= 4 is 11.8 Å². The lowest BCUT2D eigenvalue weighted by atomic mass is 9.71. The van der Waals surface area contributed by atoms with E-state index in [1.165, 1.54) is 0 Å². The Hall–Kier alpha value is -0.860. The van der Waals surface area contributed by atoms with Crippen molar-refractivity contribution in [3.8, 4) is 0 Å². The Bertz CT molecular complexity index is 220. The molecule has 0 aromatic carbocycles. The van der Waals surface area contributed by atoms with E-state index in [1.807, 2.05) is 13.8 Å². The molecule has 0 aromatic rings. The molecular weight excluding hydrogens is 168 g/mol. The summed E-state index contributed by atoms with van der Waals surface area (Å²) >= 11 is 0. The zero-order valence-corrected chi connectivity index (χ0v) is 8.12. The van der Waals surface area contributed by atoms with Gasteiger partial charge in [0, 0.05) is 12.3 Å². The molecule has 0 aromatic heterocycles. The quantitative estimate of drug-likeness (QED) is 0.710. The van der Waals surface area contributed by atoms with E-state index in [0.29, 0.717) is 12.8 Å². The molecule has 3 heteroatoms. The summed E-state index contributed by atoms with van der Waals surface area (Å²) in [5, 5.41) is 8.90. The van der Waals surface area contributed by atoms with Gasteiger partial charge in [-0.2, -0.15) is 0 Å². The van der Waals surface area contributed by atoms with Crippen LogP contribution in [0.2, 0.25) is 0 Å². The summed E-state index contributed by atoms with van der Waals surface area (Å²) in [7, 11) is 0. The molecule has 0 radical (unpaired) electrons. The predicted octanol–water partition coefficient (Wildman–Crippen LogP) is 1.71. The van der Waals surface area contributed by atoms with Gasteiger partial charge in [0.1, 0.15) is 5.78 Å². The van der Waals surface area contributed by atoms with Crippen molar-refractivity contribution in [2.24, 2.45) is 17.8 Å². The summed E-state index contributed by atoms with van der Waals surface area (Å²) in [6.45, 7) is 3.83. The van der Waals surface area contributed by atoms with Gasteiger partial charge in [-0.3, -0.25) is 9.59 Å². The van der Waals surface area contributed by atoms with Gasteiger partial charge in [0.25, 0.3) is 0 Å². The minimum atomic E-state index is -0.751. The smallest absolute Gasteiger partial charge is 0.306 e. The molecule has 0 heterocycles. The maximum absolute atomic E-state index is 11.4. The highest BCUT2D eigenvalue weighted by Crippen LogP contribution is 2.34. The molecule has 13 heavy (non-hydrogen) atoms. The maximum atomic E-state index is 11.4. The fraction of sp³-hybridized carbons (Fsp3) is 0.800. The third kappa shape index (κ3) is 1.90. The summed E-state index contributed by atoms with van der Waals surface area (Å²) in [5.74, 6) is -0.854. The molecule has 1 N–H and O–H groups in total. The highest BCUT2D eigenvalue weighted by Gasteiger charge is 2.37. The van der Waals surface area contributed by atoms with E-state index in [2.05, 4.69) is 0 Å². The van der Waals surface area contributed by atoms with Crippen LogP contribution >= 0.6 is 0 Å². The third-order valence-corrected chi connectivity index (χ3v) is 3.14. The van der Waals surface area contributed by atoms with Gasteiger partial charge in [0.2, 0.25) is 0 Å². The van der Waals surface area contributed by atoms with Gasteiger partial charge < -0.3 is 5.11 Å². The Morgan fingerprint density at radius 3 is 2.69 bits per heavy atom. The minimum Gasteiger partial charge on any atom is -0.481 e. The Morgan fingerprint density at radius 2 is 2.23 bits per heavy atom. The number of Topliss-reactive ketones (excluding diaryl/α,β-unsaturated/α-hetero) is 1. The van der Waals surface area contributed by atoms with Gasteiger partial charge in [0.15, 0.2) is 0 Å². The van der Waals surface area contributed by atoms with Crippen molar-refractivity contribution in [1.29, 1.82) is 0 Å². The van der Waals surface area contributed by atoms with Crippen LogP contribution in [-0.4, -0.2) is 16.9 Å². The topological polar surface area (TPSA) is 54.4 Å². The molecule has 0 bridgehead atoms. The summed E-state index contributed by atoms with van der Waals surface area (Å²) < 4.78 is 0. The van der Waals surface area contributed by atoms with Gasteiger partial charge in [-0.15, -0.1) is 0 Å². The number of hydrogen-bond acceptors (Lipinski definition) is 2. The lowest BCUT2D eigenvalue weighted by Gasteiger charge is -2.31. The molecular formula is C10H16O3. The largest absolute Gasteiger partial charge is 0.481 e. The van der Waals surface area contributed by atoms with Crippen molar-refractivity contribution in [3.63, 3.8) is 0 Å². The van der Waals surface area contributed by atoms with E-state index >= 15 is 0 Å². The van der Waals surface area contributed by atoms with Crippen LogP contribution in [0.25, 0.3) is 0 Å². The molecule has 0 amide bonds. The molecule has 1 fully saturated rings. The van der Waals surface area contributed by atoms with E-state index in [0.717, 1.165) is 6.42 Å². The first-order valence-corrected chi connectivity index (χ1v) is 4.83. The van der Waals surface area contributed by atoms with Gasteiger partial charge >= 0.3 is 5.97 Å². The number of aliphatic carboxylic acids is 1. The van der Waals surface area contributed by atoms with Crippen molar-refractivity contribution in [1.82, 2.24) is 0 Å². The molecule has 1 aliphatic carbocycles. The second-order valence-electron chi connectivity index (χ2n) is 3.82. The fourth-order valence-electron chi connectivity index (χ4n) is 2.27. The Kier molecular flexibility index (Phi) is 3.07. The summed E-state index contributed by atoms with van der Waals surface area (Å²) in [6, 6.07) is 0. The molecule has 0 spiro atoms. The van der Waals surface area contributed by atoms with E-state index in [9.17, 15) is 9.59 Å². The number of hydrogen-bond donors (Lipinski definition) is 1. The monoisotopic (exact) mass is 184 g/mol. The standard InChI is InChI=1S/C10H16O3/c1-3-7-6(2)8(10(12)13)4-5-9(7)11/h6-8H,3-5H2,1-2H3,(H,12,13). The molecule has 3 nitrogen and oxygen atoms in total. The molecule has 0 saturated heterocycles. The lowest BCUT2D eigenvalue weighted by Crippen LogP contribution is -2.36. The van der Waals surface area contributed by atoms with E-state index in [1.54, 1.807) is 0 Å². The van der Waals surface area contributed by atoms with Crippen LogP contribution < -0.4 is 0 Å². The van der Waals surface area contributed by atoms with Crippen LogP contribution in [0.4, 0.5) is 0 Å². The van der Waals surface area contributed by atoms with Crippen molar-refractivity contribution in [3.05, 3.63) is 0 Å². The first-order valence-electron chi connectivity index (χ1n) is 4.83. The second kappa shape index (κ2) is 3.90. The predicted molar refractivity (Wildman–Crippen MR) is 48.3 cm³/mol. The molecule has 1 saturated carbocycles. The Morgan fingerprint density at radius 1 is 1.62 bits per heavy atom. The number of carbonyl (C=O) groups excluding carboxylic acids is 1. The van der Waals surface area contributed by atoms with Gasteiger partial charge in [-0.1, -0.05) is 13.8 Å².